The van der Waals surface area contributed by atoms with Crippen molar-refractivity contribution in [2.75, 3.05) is 13.5 Å². The number of alkyl halides is 3. The van der Waals surface area contributed by atoms with Crippen LogP contribution in [0.3, 0.4) is 0 Å². The van der Waals surface area contributed by atoms with E-state index in [4.69, 9.17) is 0 Å². The first-order valence-corrected chi connectivity index (χ1v) is 1.93. The highest BCUT2D eigenvalue weighted by Crippen LogP contribution is 2.15. The molecule has 0 rings (SSSR count). The third-order valence-corrected chi connectivity index (χ3v) is 0.488. The molecule has 0 aliphatic rings. The Kier molecular flexibility index (Phi) is 3.48. The first kappa shape index (κ1) is 8.64. The largest absolute Gasteiger partial charge is 0.384 e. The zero-order chi connectivity index (χ0) is 7.33. The van der Waals surface area contributed by atoms with Crippen molar-refractivity contribution in [2.24, 2.45) is 0 Å². The fourth-order valence-corrected chi connectivity index (χ4v) is 0.185. The van der Waals surface area contributed by atoms with Gasteiger partial charge < -0.3 is 0 Å². The average Bonchev–Trinajstić information content (AvgIpc) is 1.64. The van der Waals surface area contributed by atoms with E-state index in [1.54, 1.807) is 0 Å². The minimum Gasteiger partial charge on any atom is -0.286 e. The quantitative estimate of drug-likeness (QED) is 0.561. The second kappa shape index (κ2) is 3.62. The molecule has 0 aliphatic carbocycles. The molecule has 0 spiro atoms. The lowest BCUT2D eigenvalue weighted by Crippen LogP contribution is -2.25. The van der Waals surface area contributed by atoms with Gasteiger partial charge in [0.2, 0.25) is 0 Å². The maximum absolute atomic E-state index is 11.6. The van der Waals surface area contributed by atoms with Crippen molar-refractivity contribution in [3.05, 3.63) is 0 Å². The van der Waals surface area contributed by atoms with E-state index in [2.05, 4.69) is 9.68 Å². The highest BCUT2D eigenvalue weighted by Gasteiger charge is 2.31. The molecule has 0 aromatic heterocycles. The summed E-state index contributed by atoms with van der Waals surface area (Å²) in [5.41, 5.74) is 0. The van der Waals surface area contributed by atoms with Crippen LogP contribution in [0.5, 0.6) is 0 Å². The number of ether oxygens (including phenoxy) is 1. The third-order valence-electron chi connectivity index (χ3n) is 0.488. The van der Waals surface area contributed by atoms with E-state index in [1.165, 1.54) is 0 Å². The van der Waals surface area contributed by atoms with E-state index in [1.807, 2.05) is 0 Å². The summed E-state index contributed by atoms with van der Waals surface area (Å²) < 4.78 is 47.9. The van der Waals surface area contributed by atoms with E-state index in [9.17, 15) is 17.7 Å². The number of rotatable bonds is 4. The smallest absolute Gasteiger partial charge is 0.286 e. The van der Waals surface area contributed by atoms with Gasteiger partial charge in [0.05, 0.1) is 0 Å². The minimum atomic E-state index is -3.87. The molecule has 0 unspecified atom stereocenters. The van der Waals surface area contributed by atoms with E-state index in [0.29, 0.717) is 0 Å². The van der Waals surface area contributed by atoms with Gasteiger partial charge in [-0.25, -0.2) is 4.39 Å². The summed E-state index contributed by atoms with van der Waals surface area (Å²) in [6.07, 6.45) is -3.87. The van der Waals surface area contributed by atoms with Crippen molar-refractivity contribution in [3.63, 3.8) is 0 Å². The van der Waals surface area contributed by atoms with Gasteiger partial charge in [-0.1, -0.05) is 0 Å². The lowest BCUT2D eigenvalue weighted by Gasteiger charge is -2.10. The number of hydrogen-bond donors (Lipinski definition) is 0. The summed E-state index contributed by atoms with van der Waals surface area (Å²) >= 11 is 0. The van der Waals surface area contributed by atoms with Gasteiger partial charge in [-0.2, -0.15) is 13.7 Å². The zero-order valence-corrected chi connectivity index (χ0v) is 4.24. The highest BCUT2D eigenvalue weighted by atomic mass is 19.3. The van der Waals surface area contributed by atoms with Crippen LogP contribution >= 0.6 is 0 Å². The Hall–Kier alpha value is -0.360. The van der Waals surface area contributed by atoms with Gasteiger partial charge in [0.1, 0.15) is 0 Å². The Morgan fingerprint density at radius 3 is 2.22 bits per heavy atom. The first-order chi connectivity index (χ1) is 4.12. The highest BCUT2D eigenvalue weighted by molar-refractivity contribution is 4.45. The molecule has 0 atom stereocenters. The van der Waals surface area contributed by atoms with Gasteiger partial charge in [0, 0.05) is 0 Å². The van der Waals surface area contributed by atoms with Crippen molar-refractivity contribution in [2.45, 2.75) is 6.11 Å². The molecule has 0 bridgehead atoms. The molecule has 0 N–H and O–H groups in total. The molecule has 0 heterocycles. The summed E-state index contributed by atoms with van der Waals surface area (Å²) in [6, 6.07) is 0. The Morgan fingerprint density at radius 2 is 1.89 bits per heavy atom. The molecule has 0 aliphatic heterocycles. The standard InChI is InChI=1S/C3H4F4O2/c4-2-8-3(5,6)1-9-7/h1-2H2. The lowest BCUT2D eigenvalue weighted by atomic mass is 10.7. The van der Waals surface area contributed by atoms with Crippen LogP contribution < -0.4 is 0 Å². The molecule has 0 aromatic rings. The van der Waals surface area contributed by atoms with Crippen LogP contribution in [0.25, 0.3) is 0 Å². The van der Waals surface area contributed by atoms with Crippen LogP contribution in [0.15, 0.2) is 0 Å². The SMILES string of the molecule is FCOC(F)(F)COF. The van der Waals surface area contributed by atoms with Crippen molar-refractivity contribution in [1.82, 2.24) is 0 Å². The molecular weight excluding hydrogens is 144 g/mol. The van der Waals surface area contributed by atoms with Crippen LogP contribution in [0.1, 0.15) is 0 Å². The second-order valence-corrected chi connectivity index (χ2v) is 1.14. The fraction of sp³-hybridized carbons (Fsp3) is 1.00. The number of hydrogen-bond acceptors (Lipinski definition) is 2. The van der Waals surface area contributed by atoms with E-state index >= 15 is 0 Å². The van der Waals surface area contributed by atoms with Crippen LogP contribution in [0, 0.1) is 0 Å². The molecule has 2 nitrogen and oxygen atoms in total. The molecule has 0 saturated carbocycles. The van der Waals surface area contributed by atoms with Crippen LogP contribution in [-0.4, -0.2) is 19.6 Å². The Labute approximate surface area is 48.3 Å². The molecule has 0 saturated heterocycles. The molecule has 9 heavy (non-hydrogen) atoms. The van der Waals surface area contributed by atoms with Gasteiger partial charge in [0.15, 0.2) is 13.5 Å². The molecule has 0 amide bonds. The van der Waals surface area contributed by atoms with E-state index in [-0.39, 0.29) is 0 Å². The summed E-state index contributed by atoms with van der Waals surface area (Å²) in [5, 5.41) is 0. The molecule has 0 radical (unpaired) electrons. The average molecular weight is 148 g/mol. The van der Waals surface area contributed by atoms with E-state index in [0.717, 1.165) is 0 Å². The zero-order valence-electron chi connectivity index (χ0n) is 4.24. The topological polar surface area (TPSA) is 18.5 Å². The summed E-state index contributed by atoms with van der Waals surface area (Å²) in [7, 11) is 0. The molecule has 0 aromatic carbocycles. The Balaban J connectivity index is 3.43. The van der Waals surface area contributed by atoms with Crippen molar-refractivity contribution < 1.29 is 27.4 Å². The van der Waals surface area contributed by atoms with Crippen molar-refractivity contribution in [3.8, 4) is 0 Å². The maximum atomic E-state index is 11.6. The Bertz CT molecular complexity index is 68.2. The summed E-state index contributed by atoms with van der Waals surface area (Å²) in [4.78, 5) is 2.52. The molecule has 6 heteroatoms. The van der Waals surface area contributed by atoms with Crippen molar-refractivity contribution >= 4 is 0 Å². The normalized spacial score (nSPS) is 12.0. The van der Waals surface area contributed by atoms with Crippen molar-refractivity contribution in [1.29, 1.82) is 0 Å². The maximum Gasteiger partial charge on any atom is 0.384 e. The van der Waals surface area contributed by atoms with Gasteiger partial charge in [-0.3, -0.25) is 4.74 Å². The minimum absolute atomic E-state index is 1.59. The third kappa shape index (κ3) is 4.16. The molecule has 56 valence electrons. The van der Waals surface area contributed by atoms with Gasteiger partial charge in [0.25, 0.3) is 0 Å². The van der Waals surface area contributed by atoms with E-state index < -0.39 is 19.6 Å². The van der Waals surface area contributed by atoms with Crippen LogP contribution in [0.2, 0.25) is 0 Å². The predicted octanol–water partition coefficient (Wildman–Crippen LogP) is 1.42. The predicted molar refractivity (Wildman–Crippen MR) is 19.1 cm³/mol. The van der Waals surface area contributed by atoms with Gasteiger partial charge in [-0.15, -0.1) is 0 Å². The van der Waals surface area contributed by atoms with Crippen LogP contribution in [0.4, 0.5) is 17.7 Å². The molecular formula is C3H4F4O2. The second-order valence-electron chi connectivity index (χ2n) is 1.14. The number of halogens is 4. The summed E-state index contributed by atoms with van der Waals surface area (Å²) in [5.74, 6) is 0. The fourth-order valence-electron chi connectivity index (χ4n) is 0.185. The van der Waals surface area contributed by atoms with Gasteiger partial charge >= 0.3 is 6.11 Å². The van der Waals surface area contributed by atoms with Crippen LogP contribution in [-0.2, 0) is 9.68 Å². The Morgan fingerprint density at radius 1 is 1.33 bits per heavy atom. The molecule has 0 fully saturated rings. The monoisotopic (exact) mass is 148 g/mol. The summed E-state index contributed by atoms with van der Waals surface area (Å²) in [6.45, 7) is -3.26. The lowest BCUT2D eigenvalue weighted by molar-refractivity contribution is -0.312. The first-order valence-electron chi connectivity index (χ1n) is 1.93. The van der Waals surface area contributed by atoms with Gasteiger partial charge in [-0.05, 0) is 4.53 Å².